The highest BCUT2D eigenvalue weighted by atomic mass is 16.6. The fourth-order valence-corrected chi connectivity index (χ4v) is 3.50. The number of hydrogen-bond donors (Lipinski definition) is 1. The van der Waals surface area contributed by atoms with Crippen molar-refractivity contribution in [2.24, 2.45) is 5.92 Å². The van der Waals surface area contributed by atoms with Crippen LogP contribution in [0.3, 0.4) is 0 Å². The molecule has 0 aromatic heterocycles. The summed E-state index contributed by atoms with van der Waals surface area (Å²) in [5.41, 5.74) is 0.477. The van der Waals surface area contributed by atoms with E-state index in [0.717, 1.165) is 5.56 Å². The Hall–Kier alpha value is -2.08. The molecule has 2 aliphatic heterocycles. The van der Waals surface area contributed by atoms with E-state index in [1.807, 2.05) is 30.3 Å². The molecule has 23 heavy (non-hydrogen) atoms. The molecule has 124 valence electrons. The van der Waals surface area contributed by atoms with E-state index in [4.69, 9.17) is 9.47 Å². The predicted octanol–water partition coefficient (Wildman–Crippen LogP) is 2.28. The highest BCUT2D eigenvalue weighted by molar-refractivity contribution is 5.75. The molecule has 1 unspecified atom stereocenters. The Morgan fingerprint density at radius 2 is 1.96 bits per heavy atom. The van der Waals surface area contributed by atoms with Gasteiger partial charge in [-0.1, -0.05) is 30.3 Å². The average Bonchev–Trinajstić information content (AvgIpc) is 2.93. The van der Waals surface area contributed by atoms with Gasteiger partial charge >= 0.3 is 12.1 Å². The van der Waals surface area contributed by atoms with E-state index in [1.165, 1.54) is 0 Å². The third kappa shape index (κ3) is 3.32. The van der Waals surface area contributed by atoms with Gasteiger partial charge in [0.15, 0.2) is 0 Å². The van der Waals surface area contributed by atoms with Crippen molar-refractivity contribution in [3.63, 3.8) is 0 Å². The number of benzene rings is 1. The summed E-state index contributed by atoms with van der Waals surface area (Å²) in [6.45, 7) is 1.51. The van der Waals surface area contributed by atoms with Gasteiger partial charge in [0, 0.05) is 19.8 Å². The molecule has 0 aliphatic carbocycles. The Morgan fingerprint density at radius 1 is 1.26 bits per heavy atom. The fraction of sp³-hybridized carbons (Fsp3) is 0.529. The van der Waals surface area contributed by atoms with Crippen molar-refractivity contribution in [3.8, 4) is 0 Å². The lowest BCUT2D eigenvalue weighted by Gasteiger charge is -2.40. The average molecular weight is 319 g/mol. The maximum atomic E-state index is 12.5. The Kier molecular flexibility index (Phi) is 4.52. The van der Waals surface area contributed by atoms with E-state index < -0.39 is 23.5 Å². The van der Waals surface area contributed by atoms with Crippen LogP contribution in [0, 0.1) is 5.92 Å². The second-order valence-corrected chi connectivity index (χ2v) is 6.23. The lowest BCUT2D eigenvalue weighted by Crippen LogP contribution is -2.50. The van der Waals surface area contributed by atoms with E-state index in [9.17, 15) is 14.7 Å². The minimum Gasteiger partial charge on any atom is -0.481 e. The van der Waals surface area contributed by atoms with Gasteiger partial charge in [0.05, 0.1) is 11.5 Å². The summed E-state index contributed by atoms with van der Waals surface area (Å²) in [5.74, 6) is -1.38. The largest absolute Gasteiger partial charge is 0.481 e. The van der Waals surface area contributed by atoms with Gasteiger partial charge in [0.2, 0.25) is 0 Å². The summed E-state index contributed by atoms with van der Waals surface area (Å²) in [6, 6.07) is 9.46. The molecule has 1 aromatic carbocycles. The van der Waals surface area contributed by atoms with Crippen molar-refractivity contribution in [1.29, 1.82) is 0 Å². The van der Waals surface area contributed by atoms with E-state index in [2.05, 4.69) is 0 Å². The van der Waals surface area contributed by atoms with E-state index in [-0.39, 0.29) is 13.2 Å². The van der Waals surface area contributed by atoms with Crippen molar-refractivity contribution < 1.29 is 24.2 Å². The molecule has 2 saturated heterocycles. The molecule has 6 nitrogen and oxygen atoms in total. The maximum Gasteiger partial charge on any atom is 0.410 e. The molecule has 0 saturated carbocycles. The Morgan fingerprint density at radius 3 is 2.61 bits per heavy atom. The number of ether oxygens (including phenoxy) is 2. The topological polar surface area (TPSA) is 76.1 Å². The quantitative estimate of drug-likeness (QED) is 0.925. The van der Waals surface area contributed by atoms with Crippen LogP contribution in [0.25, 0.3) is 0 Å². The number of carbonyl (C=O) groups is 2. The molecule has 1 spiro atoms. The first-order valence-electron chi connectivity index (χ1n) is 7.90. The molecule has 2 aliphatic rings. The normalized spacial score (nSPS) is 23.0. The van der Waals surface area contributed by atoms with E-state index in [0.29, 0.717) is 32.5 Å². The monoisotopic (exact) mass is 319 g/mol. The zero-order valence-corrected chi connectivity index (χ0v) is 12.9. The highest BCUT2D eigenvalue weighted by Gasteiger charge is 2.51. The summed E-state index contributed by atoms with van der Waals surface area (Å²) in [6.07, 6.45) is 1.38. The molecule has 2 heterocycles. The second kappa shape index (κ2) is 6.58. The van der Waals surface area contributed by atoms with Crippen LogP contribution in [-0.4, -0.2) is 47.4 Å². The van der Waals surface area contributed by atoms with Gasteiger partial charge in [-0.15, -0.1) is 0 Å². The van der Waals surface area contributed by atoms with Crippen molar-refractivity contribution >= 4 is 12.1 Å². The number of carboxylic acid groups (broad SMARTS) is 1. The summed E-state index contributed by atoms with van der Waals surface area (Å²) in [5, 5.41) is 9.32. The molecule has 1 aromatic rings. The summed E-state index contributed by atoms with van der Waals surface area (Å²) < 4.78 is 10.8. The molecule has 6 heteroatoms. The fourth-order valence-electron chi connectivity index (χ4n) is 3.50. The van der Waals surface area contributed by atoms with Gasteiger partial charge in [0.1, 0.15) is 6.61 Å². The van der Waals surface area contributed by atoms with Crippen LogP contribution < -0.4 is 0 Å². The first-order chi connectivity index (χ1) is 11.1. The molecule has 3 rings (SSSR count). The lowest BCUT2D eigenvalue weighted by molar-refractivity contribution is -0.141. The van der Waals surface area contributed by atoms with Gasteiger partial charge in [-0.2, -0.15) is 0 Å². The van der Waals surface area contributed by atoms with Crippen LogP contribution in [0.1, 0.15) is 24.8 Å². The van der Waals surface area contributed by atoms with Gasteiger partial charge in [0.25, 0.3) is 0 Å². The number of amides is 1. The van der Waals surface area contributed by atoms with Crippen molar-refractivity contribution in [2.45, 2.75) is 31.4 Å². The van der Waals surface area contributed by atoms with Crippen LogP contribution in [0.4, 0.5) is 4.79 Å². The Bertz CT molecular complexity index is 568. The van der Waals surface area contributed by atoms with Crippen molar-refractivity contribution in [3.05, 3.63) is 35.9 Å². The Labute approximate surface area is 135 Å². The van der Waals surface area contributed by atoms with E-state index >= 15 is 0 Å². The molecular formula is C17H21NO5. The smallest absolute Gasteiger partial charge is 0.410 e. The highest BCUT2D eigenvalue weighted by Crippen LogP contribution is 2.41. The van der Waals surface area contributed by atoms with Gasteiger partial charge in [-0.05, 0) is 24.8 Å². The molecule has 0 radical (unpaired) electrons. The molecule has 0 bridgehead atoms. The SMILES string of the molecule is O=C(O)C1CN(C(=O)OCc2ccccc2)C2(CCOCC2)C1. The van der Waals surface area contributed by atoms with Gasteiger partial charge in [-0.25, -0.2) is 4.79 Å². The Balaban J connectivity index is 1.70. The first kappa shape index (κ1) is 15.8. The number of nitrogens with zero attached hydrogens (tertiary/aromatic N) is 1. The van der Waals surface area contributed by atoms with Crippen LogP contribution in [0.2, 0.25) is 0 Å². The lowest BCUT2D eigenvalue weighted by atomic mass is 9.85. The minimum absolute atomic E-state index is 0.195. The second-order valence-electron chi connectivity index (χ2n) is 6.23. The number of likely N-dealkylation sites (tertiary alicyclic amines) is 1. The molecule has 2 fully saturated rings. The molecule has 1 amide bonds. The van der Waals surface area contributed by atoms with Crippen LogP contribution >= 0.6 is 0 Å². The van der Waals surface area contributed by atoms with E-state index in [1.54, 1.807) is 4.90 Å². The zero-order chi connectivity index (χ0) is 16.3. The third-order valence-electron chi connectivity index (χ3n) is 4.80. The zero-order valence-electron chi connectivity index (χ0n) is 12.9. The van der Waals surface area contributed by atoms with Crippen LogP contribution in [0.15, 0.2) is 30.3 Å². The molecule has 1 N–H and O–H groups in total. The third-order valence-corrected chi connectivity index (χ3v) is 4.80. The predicted molar refractivity (Wildman–Crippen MR) is 81.9 cm³/mol. The van der Waals surface area contributed by atoms with Crippen LogP contribution in [0.5, 0.6) is 0 Å². The van der Waals surface area contributed by atoms with Crippen molar-refractivity contribution in [2.75, 3.05) is 19.8 Å². The number of carbonyl (C=O) groups excluding carboxylic acids is 1. The maximum absolute atomic E-state index is 12.5. The molecule has 1 atom stereocenters. The van der Waals surface area contributed by atoms with Gasteiger partial charge < -0.3 is 19.5 Å². The summed E-state index contributed by atoms with van der Waals surface area (Å²) in [7, 11) is 0. The summed E-state index contributed by atoms with van der Waals surface area (Å²) in [4.78, 5) is 25.5. The van der Waals surface area contributed by atoms with Crippen molar-refractivity contribution in [1.82, 2.24) is 4.90 Å². The molecular weight excluding hydrogens is 298 g/mol. The van der Waals surface area contributed by atoms with Crippen LogP contribution in [-0.2, 0) is 20.9 Å². The minimum atomic E-state index is -0.853. The first-order valence-corrected chi connectivity index (χ1v) is 7.90. The number of carboxylic acids is 1. The number of hydrogen-bond acceptors (Lipinski definition) is 4. The summed E-state index contributed by atoms with van der Waals surface area (Å²) >= 11 is 0. The number of rotatable bonds is 3. The standard InChI is InChI=1S/C17H21NO5/c19-15(20)14-10-17(6-8-22-9-7-17)18(11-14)16(21)23-12-13-4-2-1-3-5-13/h1-5,14H,6-12H2,(H,19,20). The van der Waals surface area contributed by atoms with Gasteiger partial charge in [-0.3, -0.25) is 4.79 Å². The number of aliphatic carboxylic acids is 1.